The fourth-order valence-electron chi connectivity index (χ4n) is 7.02. The number of anilines is 3. The molecule has 5 aromatic rings. The zero-order valence-corrected chi connectivity index (χ0v) is 27.5. The lowest BCUT2D eigenvalue weighted by molar-refractivity contribution is 0.0685. The van der Waals surface area contributed by atoms with E-state index in [0.29, 0.717) is 36.4 Å². The number of hydrogen-bond acceptors (Lipinski definition) is 7. The number of aromatic carboxylic acids is 1. The molecule has 0 aliphatic carbocycles. The minimum absolute atomic E-state index is 0.0690. The summed E-state index contributed by atoms with van der Waals surface area (Å²) >= 11 is 1.44. The summed E-state index contributed by atoms with van der Waals surface area (Å²) in [4.78, 5) is 39.0. The van der Waals surface area contributed by atoms with Gasteiger partial charge in [-0.05, 0) is 86.6 Å². The van der Waals surface area contributed by atoms with Crippen LogP contribution in [-0.4, -0.2) is 52.3 Å². The molecule has 0 saturated heterocycles. The zero-order valence-electron chi connectivity index (χ0n) is 26.7. The van der Waals surface area contributed by atoms with Crippen LogP contribution in [0, 0.1) is 0 Å². The van der Waals surface area contributed by atoms with Crippen molar-refractivity contribution in [1.82, 2.24) is 9.97 Å². The van der Waals surface area contributed by atoms with E-state index in [1.54, 1.807) is 17.0 Å². The standard InChI is InChI=1S/C37H37N5O4S/c1-23-22-37(2,3)42(29-12-6-4-10-26(23)29)19-20-46-31-17-16-27(38-33(31)34(43)44)25-15-14-24-9-8-18-41(30(24)21-25)36(45)40-35-39-28-11-5-7-13-32(28)47-35/h4-7,10-17,21,23H,8-9,18-20,22H2,1-3H3,(H,43,44)(H,39,40,45). The van der Waals surface area contributed by atoms with Gasteiger partial charge in [0.15, 0.2) is 16.6 Å². The number of pyridine rings is 1. The van der Waals surface area contributed by atoms with Gasteiger partial charge in [0.25, 0.3) is 0 Å². The number of benzene rings is 3. The number of ether oxygens (including phenoxy) is 1. The number of carbonyl (C=O) groups is 2. The third-order valence-electron chi connectivity index (χ3n) is 9.18. The van der Waals surface area contributed by atoms with Crippen molar-refractivity contribution in [3.05, 3.63) is 95.7 Å². The van der Waals surface area contributed by atoms with Crippen LogP contribution in [-0.2, 0) is 6.42 Å². The van der Waals surface area contributed by atoms with Crippen LogP contribution in [0.4, 0.5) is 21.3 Å². The Kier molecular flexibility index (Phi) is 8.05. The Labute approximate surface area is 277 Å². The van der Waals surface area contributed by atoms with E-state index in [4.69, 9.17) is 4.74 Å². The molecule has 2 aromatic heterocycles. The van der Waals surface area contributed by atoms with Crippen LogP contribution >= 0.6 is 11.3 Å². The number of nitrogens with one attached hydrogen (secondary N) is 1. The molecule has 0 radical (unpaired) electrons. The van der Waals surface area contributed by atoms with Gasteiger partial charge in [-0.15, -0.1) is 0 Å². The lowest BCUT2D eigenvalue weighted by Gasteiger charge is -2.47. The Hall–Kier alpha value is -4.96. The first-order valence-electron chi connectivity index (χ1n) is 16.0. The molecule has 1 atom stereocenters. The summed E-state index contributed by atoms with van der Waals surface area (Å²) in [6, 6.07) is 25.3. The second-order valence-electron chi connectivity index (χ2n) is 12.8. The number of carboxylic acids is 1. The van der Waals surface area contributed by atoms with Crippen LogP contribution in [0.3, 0.4) is 0 Å². The summed E-state index contributed by atoms with van der Waals surface area (Å²) in [6.45, 7) is 8.22. The van der Waals surface area contributed by atoms with Gasteiger partial charge in [-0.2, -0.15) is 0 Å². The molecule has 10 heteroatoms. The SMILES string of the molecule is CC1CC(C)(C)N(CCOc2ccc(-c3ccc4c(c3)N(C(=O)Nc3nc5ccccc5s3)CCC4)nc2C(=O)O)c2ccccc21. The number of nitrogens with zero attached hydrogens (tertiary/aromatic N) is 4. The third-order valence-corrected chi connectivity index (χ3v) is 10.1. The van der Waals surface area contributed by atoms with Crippen molar-refractivity contribution in [1.29, 1.82) is 0 Å². The molecule has 2 amide bonds. The highest BCUT2D eigenvalue weighted by molar-refractivity contribution is 7.22. The maximum Gasteiger partial charge on any atom is 0.358 e. The number of aryl methyl sites for hydroxylation is 1. The van der Waals surface area contributed by atoms with E-state index in [0.717, 1.165) is 46.3 Å². The first-order valence-corrected chi connectivity index (χ1v) is 16.8. The number of thiazole rings is 1. The molecule has 2 aliphatic heterocycles. The summed E-state index contributed by atoms with van der Waals surface area (Å²) in [5.74, 6) is -0.473. The molecule has 240 valence electrons. The molecule has 1 unspecified atom stereocenters. The minimum Gasteiger partial charge on any atom is -0.489 e. The Morgan fingerprint density at radius 2 is 1.83 bits per heavy atom. The van der Waals surface area contributed by atoms with Crippen molar-refractivity contribution in [2.75, 3.05) is 34.8 Å². The maximum atomic E-state index is 13.5. The number of urea groups is 1. The maximum absolute atomic E-state index is 13.5. The summed E-state index contributed by atoms with van der Waals surface area (Å²) < 4.78 is 7.10. The van der Waals surface area contributed by atoms with Gasteiger partial charge >= 0.3 is 12.0 Å². The van der Waals surface area contributed by atoms with Gasteiger partial charge in [0.2, 0.25) is 0 Å². The first kappa shape index (κ1) is 30.7. The Balaban J connectivity index is 1.10. The van der Waals surface area contributed by atoms with Gasteiger partial charge < -0.3 is 14.7 Å². The molecule has 7 rings (SSSR count). The van der Waals surface area contributed by atoms with E-state index in [2.05, 4.69) is 65.2 Å². The van der Waals surface area contributed by atoms with Crippen LogP contribution in [0.25, 0.3) is 21.5 Å². The van der Waals surface area contributed by atoms with Gasteiger partial charge in [0.1, 0.15) is 6.61 Å². The quantitative estimate of drug-likeness (QED) is 0.183. The van der Waals surface area contributed by atoms with Crippen molar-refractivity contribution in [3.8, 4) is 17.0 Å². The number of rotatable bonds is 7. The predicted molar refractivity (Wildman–Crippen MR) is 187 cm³/mol. The smallest absolute Gasteiger partial charge is 0.358 e. The van der Waals surface area contributed by atoms with E-state index in [1.165, 1.54) is 22.6 Å². The fourth-order valence-corrected chi connectivity index (χ4v) is 7.88. The van der Waals surface area contributed by atoms with Crippen LogP contribution in [0.2, 0.25) is 0 Å². The topological polar surface area (TPSA) is 108 Å². The summed E-state index contributed by atoms with van der Waals surface area (Å²) in [6.07, 6.45) is 2.70. The molecular weight excluding hydrogens is 611 g/mol. The molecule has 0 fully saturated rings. The molecular formula is C37H37N5O4S. The average Bonchev–Trinajstić information content (AvgIpc) is 3.47. The van der Waals surface area contributed by atoms with Gasteiger partial charge in [-0.1, -0.05) is 60.7 Å². The first-order chi connectivity index (χ1) is 22.7. The highest BCUT2D eigenvalue weighted by atomic mass is 32.1. The van der Waals surface area contributed by atoms with Crippen LogP contribution in [0.5, 0.6) is 5.75 Å². The van der Waals surface area contributed by atoms with E-state index in [9.17, 15) is 14.7 Å². The van der Waals surface area contributed by atoms with Gasteiger partial charge in [-0.3, -0.25) is 10.2 Å². The predicted octanol–water partition coefficient (Wildman–Crippen LogP) is 8.21. The van der Waals surface area contributed by atoms with Crippen molar-refractivity contribution >= 4 is 50.1 Å². The second kappa shape index (κ2) is 12.3. The summed E-state index contributed by atoms with van der Waals surface area (Å²) in [5.41, 5.74) is 6.20. The summed E-state index contributed by atoms with van der Waals surface area (Å²) in [7, 11) is 0. The van der Waals surface area contributed by atoms with Crippen LogP contribution in [0.1, 0.15) is 61.1 Å². The molecule has 0 spiro atoms. The number of hydrogen-bond donors (Lipinski definition) is 2. The minimum atomic E-state index is -1.16. The van der Waals surface area contributed by atoms with Gasteiger partial charge in [-0.25, -0.2) is 19.6 Å². The number of carboxylic acid groups (broad SMARTS) is 1. The molecule has 2 N–H and O–H groups in total. The van der Waals surface area contributed by atoms with E-state index >= 15 is 0 Å². The molecule has 2 aliphatic rings. The van der Waals surface area contributed by atoms with Crippen LogP contribution < -0.4 is 19.9 Å². The second-order valence-corrected chi connectivity index (χ2v) is 13.9. The molecule has 3 aromatic carbocycles. The van der Waals surface area contributed by atoms with E-state index in [-0.39, 0.29) is 23.0 Å². The number of fused-ring (bicyclic) bond motifs is 3. The number of amides is 2. The number of para-hydroxylation sites is 2. The normalized spacial score (nSPS) is 16.8. The molecule has 0 bridgehead atoms. The Morgan fingerprint density at radius 3 is 2.66 bits per heavy atom. The van der Waals surface area contributed by atoms with E-state index in [1.807, 2.05) is 42.5 Å². The molecule has 47 heavy (non-hydrogen) atoms. The molecule has 0 saturated carbocycles. The van der Waals surface area contributed by atoms with Crippen LogP contribution in [0.15, 0.2) is 78.9 Å². The molecule has 9 nitrogen and oxygen atoms in total. The average molecular weight is 648 g/mol. The lowest BCUT2D eigenvalue weighted by atomic mass is 9.80. The zero-order chi connectivity index (χ0) is 32.7. The van der Waals surface area contributed by atoms with Gasteiger partial charge in [0, 0.05) is 29.0 Å². The summed E-state index contributed by atoms with van der Waals surface area (Å²) in [5, 5.41) is 13.6. The number of aromatic nitrogens is 2. The lowest BCUT2D eigenvalue weighted by Crippen LogP contribution is -2.50. The monoisotopic (exact) mass is 647 g/mol. The Morgan fingerprint density at radius 1 is 1.02 bits per heavy atom. The molecule has 4 heterocycles. The number of carbonyl (C=O) groups excluding carboxylic acids is 1. The third kappa shape index (κ3) is 6.01. The van der Waals surface area contributed by atoms with Crippen molar-refractivity contribution in [2.45, 2.75) is 51.5 Å². The van der Waals surface area contributed by atoms with Crippen molar-refractivity contribution in [2.24, 2.45) is 0 Å². The Bertz CT molecular complexity index is 1960. The van der Waals surface area contributed by atoms with E-state index < -0.39 is 5.97 Å². The van der Waals surface area contributed by atoms with Crippen molar-refractivity contribution in [3.63, 3.8) is 0 Å². The highest BCUT2D eigenvalue weighted by Crippen LogP contribution is 2.43. The largest absolute Gasteiger partial charge is 0.489 e. The highest BCUT2D eigenvalue weighted by Gasteiger charge is 2.36. The fraction of sp³-hybridized carbons (Fsp3) is 0.297. The van der Waals surface area contributed by atoms with Crippen molar-refractivity contribution < 1.29 is 19.4 Å². The van der Waals surface area contributed by atoms with Gasteiger partial charge in [0.05, 0.1) is 22.5 Å².